The van der Waals surface area contributed by atoms with E-state index in [1.807, 2.05) is 24.3 Å². The molecule has 0 saturated heterocycles. The zero-order valence-corrected chi connectivity index (χ0v) is 15.2. The fraction of sp³-hybridized carbons (Fsp3) is 0.316. The van der Waals surface area contributed by atoms with Crippen LogP contribution < -0.4 is 14.8 Å². The molecule has 0 aliphatic carbocycles. The van der Waals surface area contributed by atoms with E-state index in [1.165, 1.54) is 37.8 Å². The molecule has 138 valence electrons. The molecule has 2 aromatic rings. The highest BCUT2D eigenvalue weighted by atomic mass is 16.6. The van der Waals surface area contributed by atoms with E-state index >= 15 is 0 Å². The Kier molecular flexibility index (Phi) is 6.16. The van der Waals surface area contributed by atoms with Crippen molar-refractivity contribution in [3.05, 3.63) is 58.1 Å². The SMILES string of the molecule is COc1ccc(O[C@@H](C)C(=O)Nc2ccc(C(C)C)cc2)c([N+](=O)[O-])c1. The number of hydrogen-bond acceptors (Lipinski definition) is 5. The average Bonchev–Trinajstić information content (AvgIpc) is 2.62. The van der Waals surface area contributed by atoms with Gasteiger partial charge in [-0.25, -0.2) is 0 Å². The van der Waals surface area contributed by atoms with Gasteiger partial charge in [0.15, 0.2) is 11.9 Å². The maximum atomic E-state index is 12.3. The lowest BCUT2D eigenvalue weighted by molar-refractivity contribution is -0.386. The first kappa shape index (κ1) is 19.2. The highest BCUT2D eigenvalue weighted by Gasteiger charge is 2.22. The summed E-state index contributed by atoms with van der Waals surface area (Å²) in [4.78, 5) is 22.9. The van der Waals surface area contributed by atoms with E-state index in [4.69, 9.17) is 9.47 Å². The molecule has 0 spiro atoms. The largest absolute Gasteiger partial charge is 0.496 e. The van der Waals surface area contributed by atoms with Crippen LogP contribution in [0.3, 0.4) is 0 Å². The van der Waals surface area contributed by atoms with E-state index in [2.05, 4.69) is 19.2 Å². The molecule has 1 amide bonds. The van der Waals surface area contributed by atoms with Gasteiger partial charge in [-0.05, 0) is 42.7 Å². The summed E-state index contributed by atoms with van der Waals surface area (Å²) in [5.41, 5.74) is 1.55. The van der Waals surface area contributed by atoms with Gasteiger partial charge in [-0.3, -0.25) is 14.9 Å². The number of nitrogens with zero attached hydrogens (tertiary/aromatic N) is 1. The van der Waals surface area contributed by atoms with Crippen molar-refractivity contribution in [2.75, 3.05) is 12.4 Å². The number of hydrogen-bond donors (Lipinski definition) is 1. The Morgan fingerprint density at radius 2 is 1.77 bits per heavy atom. The molecule has 1 atom stereocenters. The molecule has 1 N–H and O–H groups in total. The molecule has 7 nitrogen and oxygen atoms in total. The molecule has 0 aliphatic rings. The highest BCUT2D eigenvalue weighted by Crippen LogP contribution is 2.31. The number of carbonyl (C=O) groups excluding carboxylic acids is 1. The number of nitro benzene ring substituents is 1. The van der Waals surface area contributed by atoms with Gasteiger partial charge in [-0.15, -0.1) is 0 Å². The third-order valence-electron chi connectivity index (χ3n) is 3.88. The third kappa shape index (κ3) is 4.72. The second-order valence-electron chi connectivity index (χ2n) is 6.12. The number of ether oxygens (including phenoxy) is 2. The summed E-state index contributed by atoms with van der Waals surface area (Å²) in [6.45, 7) is 5.71. The minimum atomic E-state index is -0.910. The summed E-state index contributed by atoms with van der Waals surface area (Å²) >= 11 is 0. The smallest absolute Gasteiger partial charge is 0.314 e. The van der Waals surface area contributed by atoms with Gasteiger partial charge in [0.05, 0.1) is 18.1 Å². The number of nitro groups is 1. The number of anilines is 1. The van der Waals surface area contributed by atoms with Crippen LogP contribution in [0.25, 0.3) is 0 Å². The van der Waals surface area contributed by atoms with E-state index in [-0.39, 0.29) is 11.4 Å². The van der Waals surface area contributed by atoms with Gasteiger partial charge in [0.2, 0.25) is 0 Å². The fourth-order valence-electron chi connectivity index (χ4n) is 2.31. The minimum absolute atomic E-state index is 0.00797. The first-order valence-electron chi connectivity index (χ1n) is 8.21. The molecule has 0 aliphatic heterocycles. The van der Waals surface area contributed by atoms with Gasteiger partial charge < -0.3 is 14.8 Å². The number of nitrogens with one attached hydrogen (secondary N) is 1. The van der Waals surface area contributed by atoms with E-state index < -0.39 is 16.9 Å². The molecule has 0 fully saturated rings. The van der Waals surface area contributed by atoms with Crippen molar-refractivity contribution in [2.45, 2.75) is 32.8 Å². The van der Waals surface area contributed by atoms with Crippen LogP contribution in [0.15, 0.2) is 42.5 Å². The molecule has 0 saturated carbocycles. The molecule has 2 aromatic carbocycles. The maximum Gasteiger partial charge on any atom is 0.314 e. The van der Waals surface area contributed by atoms with E-state index in [9.17, 15) is 14.9 Å². The topological polar surface area (TPSA) is 90.7 Å². The standard InChI is InChI=1S/C19H22N2O5/c1-12(2)14-5-7-15(8-6-14)20-19(22)13(3)26-18-10-9-16(25-4)11-17(18)21(23)24/h5-13H,1-4H3,(H,20,22)/t13-/m0/s1. The number of carbonyl (C=O) groups is 1. The highest BCUT2D eigenvalue weighted by molar-refractivity contribution is 5.94. The number of amides is 1. The van der Waals surface area contributed by atoms with E-state index in [0.717, 1.165) is 0 Å². The van der Waals surface area contributed by atoms with Crippen molar-refractivity contribution < 1.29 is 19.2 Å². The lowest BCUT2D eigenvalue weighted by Gasteiger charge is -2.15. The zero-order valence-electron chi connectivity index (χ0n) is 15.2. The van der Waals surface area contributed by atoms with Crippen molar-refractivity contribution >= 4 is 17.3 Å². The number of benzene rings is 2. The van der Waals surface area contributed by atoms with Gasteiger partial charge in [0.1, 0.15) is 5.75 Å². The van der Waals surface area contributed by atoms with Gasteiger partial charge in [-0.1, -0.05) is 26.0 Å². The molecule has 7 heteroatoms. The molecule has 0 heterocycles. The van der Waals surface area contributed by atoms with Crippen LogP contribution in [0.5, 0.6) is 11.5 Å². The Labute approximate surface area is 152 Å². The summed E-state index contributed by atoms with van der Waals surface area (Å²) in [6.07, 6.45) is -0.910. The zero-order chi connectivity index (χ0) is 19.3. The first-order valence-corrected chi connectivity index (χ1v) is 8.21. The number of methoxy groups -OCH3 is 1. The van der Waals surface area contributed by atoms with Gasteiger partial charge >= 0.3 is 5.69 Å². The molecule has 0 unspecified atom stereocenters. The number of rotatable bonds is 7. The van der Waals surface area contributed by atoms with Gasteiger partial charge in [-0.2, -0.15) is 0 Å². The fourth-order valence-corrected chi connectivity index (χ4v) is 2.31. The molecule has 0 bridgehead atoms. The average molecular weight is 358 g/mol. The van der Waals surface area contributed by atoms with E-state index in [0.29, 0.717) is 17.4 Å². The van der Waals surface area contributed by atoms with Gasteiger partial charge in [0.25, 0.3) is 5.91 Å². The van der Waals surface area contributed by atoms with Crippen LogP contribution in [0, 0.1) is 10.1 Å². The van der Waals surface area contributed by atoms with Crippen molar-refractivity contribution in [3.8, 4) is 11.5 Å². The van der Waals surface area contributed by atoms with Gasteiger partial charge in [0, 0.05) is 5.69 Å². The molecular weight excluding hydrogens is 336 g/mol. The normalized spacial score (nSPS) is 11.7. The molecule has 0 radical (unpaired) electrons. The molecule has 2 rings (SSSR count). The minimum Gasteiger partial charge on any atom is -0.496 e. The Morgan fingerprint density at radius 1 is 1.12 bits per heavy atom. The van der Waals surface area contributed by atoms with Crippen molar-refractivity contribution in [1.29, 1.82) is 0 Å². The predicted molar refractivity (Wildman–Crippen MR) is 98.9 cm³/mol. The second-order valence-corrected chi connectivity index (χ2v) is 6.12. The second kappa shape index (κ2) is 8.33. The summed E-state index contributed by atoms with van der Waals surface area (Å²) in [5, 5.41) is 13.9. The summed E-state index contributed by atoms with van der Waals surface area (Å²) in [6, 6.07) is 11.7. The molecular formula is C19H22N2O5. The maximum absolute atomic E-state index is 12.3. The Balaban J connectivity index is 2.08. The monoisotopic (exact) mass is 358 g/mol. The van der Waals surface area contributed by atoms with Crippen LogP contribution >= 0.6 is 0 Å². The summed E-state index contributed by atoms with van der Waals surface area (Å²) < 4.78 is 10.5. The Bertz CT molecular complexity index is 787. The van der Waals surface area contributed by atoms with Crippen LogP contribution in [0.2, 0.25) is 0 Å². The van der Waals surface area contributed by atoms with Crippen molar-refractivity contribution in [2.24, 2.45) is 0 Å². The van der Waals surface area contributed by atoms with Crippen LogP contribution in [0.1, 0.15) is 32.3 Å². The van der Waals surface area contributed by atoms with Crippen LogP contribution in [0.4, 0.5) is 11.4 Å². The third-order valence-corrected chi connectivity index (χ3v) is 3.88. The van der Waals surface area contributed by atoms with Crippen molar-refractivity contribution in [3.63, 3.8) is 0 Å². The van der Waals surface area contributed by atoms with Crippen molar-refractivity contribution in [1.82, 2.24) is 0 Å². The van der Waals surface area contributed by atoms with E-state index in [1.54, 1.807) is 0 Å². The first-order chi connectivity index (χ1) is 12.3. The quantitative estimate of drug-likeness (QED) is 0.593. The summed E-state index contributed by atoms with van der Waals surface area (Å²) in [5.74, 6) is 0.352. The summed E-state index contributed by atoms with van der Waals surface area (Å²) in [7, 11) is 1.42. The van der Waals surface area contributed by atoms with Crippen LogP contribution in [-0.4, -0.2) is 24.0 Å². The molecule has 0 aromatic heterocycles. The Morgan fingerprint density at radius 3 is 2.31 bits per heavy atom. The predicted octanol–water partition coefficient (Wildman–Crippen LogP) is 4.13. The lowest BCUT2D eigenvalue weighted by Crippen LogP contribution is -2.30. The molecule has 26 heavy (non-hydrogen) atoms. The van der Waals surface area contributed by atoms with Crippen LogP contribution in [-0.2, 0) is 4.79 Å². The lowest BCUT2D eigenvalue weighted by atomic mass is 10.0. The Hall–Kier alpha value is -3.09.